The second-order valence-electron chi connectivity index (χ2n) is 8.22. The summed E-state index contributed by atoms with van der Waals surface area (Å²) in [6.07, 6.45) is 14.0. The van der Waals surface area contributed by atoms with Crippen molar-refractivity contribution in [2.75, 3.05) is 0 Å². The van der Waals surface area contributed by atoms with Gasteiger partial charge in [0, 0.05) is 0 Å². The van der Waals surface area contributed by atoms with Crippen LogP contribution in [0.2, 0.25) is 0 Å². The first-order valence-corrected chi connectivity index (χ1v) is 11.7. The fourth-order valence-corrected chi connectivity index (χ4v) is 3.64. The Hall–Kier alpha value is -1.39. The van der Waals surface area contributed by atoms with E-state index in [1.165, 1.54) is 32.1 Å². The number of rotatable bonds is 19. The van der Waals surface area contributed by atoms with Gasteiger partial charge >= 0.3 is 5.97 Å². The molecule has 0 saturated carbocycles. The van der Waals surface area contributed by atoms with Gasteiger partial charge in [0.2, 0.25) is 0 Å². The monoisotopic (exact) mass is 406 g/mol. The molecule has 0 fully saturated rings. The van der Waals surface area contributed by atoms with E-state index in [-0.39, 0.29) is 18.6 Å². The van der Waals surface area contributed by atoms with E-state index in [1.54, 1.807) is 0 Å². The van der Waals surface area contributed by atoms with Gasteiger partial charge in [0.15, 0.2) is 0 Å². The van der Waals surface area contributed by atoms with Crippen molar-refractivity contribution in [3.8, 4) is 0 Å². The minimum absolute atomic E-state index is 0.0593. The fraction of sp³-hybridized carbons (Fsp3) is 0.720. The van der Waals surface area contributed by atoms with Gasteiger partial charge in [-0.05, 0) is 24.8 Å². The summed E-state index contributed by atoms with van der Waals surface area (Å²) in [5.41, 5.74) is 1.07. The quantitative estimate of drug-likeness (QED) is 0.257. The Balaban J connectivity index is 2.06. The van der Waals surface area contributed by atoms with Gasteiger partial charge in [0.25, 0.3) is 0 Å². The Morgan fingerprint density at radius 3 is 2.00 bits per heavy atom. The molecule has 1 aromatic rings. The Morgan fingerprint density at radius 2 is 1.41 bits per heavy atom. The maximum Gasteiger partial charge on any atom is 0.305 e. The van der Waals surface area contributed by atoms with Crippen molar-refractivity contribution in [1.29, 1.82) is 0 Å². The van der Waals surface area contributed by atoms with Crippen LogP contribution in [0.5, 0.6) is 0 Å². The van der Waals surface area contributed by atoms with Crippen LogP contribution in [0.15, 0.2) is 30.3 Å². The molecule has 4 nitrogen and oxygen atoms in total. The predicted octanol–water partition coefficient (Wildman–Crippen LogP) is 6.50. The van der Waals surface area contributed by atoms with E-state index in [0.29, 0.717) is 6.61 Å². The van der Waals surface area contributed by atoms with Gasteiger partial charge in [0.05, 0.1) is 25.2 Å². The maximum absolute atomic E-state index is 11.1. The van der Waals surface area contributed by atoms with Crippen molar-refractivity contribution >= 4 is 5.97 Å². The molecule has 0 bridgehead atoms. The lowest BCUT2D eigenvalue weighted by Crippen LogP contribution is -2.17. The molecule has 0 aromatic heterocycles. The normalized spacial score (nSPS) is 13.3. The Morgan fingerprint density at radius 1 is 0.862 bits per heavy atom. The number of carboxylic acid groups (broad SMARTS) is 1. The molecule has 2 atom stereocenters. The highest BCUT2D eigenvalue weighted by atomic mass is 16.5. The third-order valence-electron chi connectivity index (χ3n) is 5.44. The van der Waals surface area contributed by atoms with Gasteiger partial charge in [-0.1, -0.05) is 101 Å². The van der Waals surface area contributed by atoms with E-state index in [1.807, 2.05) is 30.3 Å². The molecule has 0 aliphatic carbocycles. The van der Waals surface area contributed by atoms with E-state index in [0.717, 1.165) is 56.9 Å². The maximum atomic E-state index is 11.1. The van der Waals surface area contributed by atoms with Crippen LogP contribution < -0.4 is 0 Å². The number of aliphatic hydroxyl groups excluding tert-OH is 1. The highest BCUT2D eigenvalue weighted by Crippen LogP contribution is 2.16. The highest BCUT2D eigenvalue weighted by Gasteiger charge is 2.14. The van der Waals surface area contributed by atoms with Gasteiger partial charge in [-0.2, -0.15) is 0 Å². The Bertz CT molecular complexity index is 503. The minimum Gasteiger partial charge on any atom is -0.481 e. The zero-order valence-electron chi connectivity index (χ0n) is 18.4. The lowest BCUT2D eigenvalue weighted by molar-refractivity contribution is -0.140. The van der Waals surface area contributed by atoms with E-state index in [4.69, 9.17) is 9.84 Å². The molecule has 2 unspecified atom stereocenters. The van der Waals surface area contributed by atoms with Gasteiger partial charge in [-0.15, -0.1) is 0 Å². The molecular weight excluding hydrogens is 364 g/mol. The summed E-state index contributed by atoms with van der Waals surface area (Å²) in [6, 6.07) is 9.88. The fourth-order valence-electron chi connectivity index (χ4n) is 3.64. The van der Waals surface area contributed by atoms with Gasteiger partial charge in [-0.25, -0.2) is 0 Å². The predicted molar refractivity (Wildman–Crippen MR) is 119 cm³/mol. The van der Waals surface area contributed by atoms with Crippen molar-refractivity contribution in [2.45, 2.75) is 116 Å². The van der Waals surface area contributed by atoms with Crippen LogP contribution in [0.4, 0.5) is 0 Å². The zero-order valence-corrected chi connectivity index (χ0v) is 18.4. The first-order chi connectivity index (χ1) is 14.1. The van der Waals surface area contributed by atoms with Crippen LogP contribution in [0.25, 0.3) is 0 Å². The molecule has 0 spiro atoms. The lowest BCUT2D eigenvalue weighted by atomic mass is 10.0. The average molecular weight is 407 g/mol. The molecule has 0 saturated heterocycles. The number of benzene rings is 1. The molecule has 1 rings (SSSR count). The van der Waals surface area contributed by atoms with E-state index >= 15 is 0 Å². The third-order valence-corrected chi connectivity index (χ3v) is 5.44. The van der Waals surface area contributed by atoms with Crippen molar-refractivity contribution < 1.29 is 19.7 Å². The summed E-state index contributed by atoms with van der Waals surface area (Å²) in [5, 5.41) is 19.2. The summed E-state index contributed by atoms with van der Waals surface area (Å²) in [4.78, 5) is 11.1. The molecule has 166 valence electrons. The van der Waals surface area contributed by atoms with Crippen molar-refractivity contribution in [3.63, 3.8) is 0 Å². The van der Waals surface area contributed by atoms with Crippen LogP contribution >= 0.6 is 0 Å². The SMILES string of the molecule is CCCCCCCCC(O)CCCCCCC(CC(=O)O)OCc1ccccc1. The first kappa shape index (κ1) is 25.6. The van der Waals surface area contributed by atoms with E-state index in [2.05, 4.69) is 6.92 Å². The number of unbranched alkanes of at least 4 members (excludes halogenated alkanes) is 8. The smallest absolute Gasteiger partial charge is 0.305 e. The number of aliphatic carboxylic acids is 1. The topological polar surface area (TPSA) is 66.8 Å². The van der Waals surface area contributed by atoms with E-state index in [9.17, 15) is 9.90 Å². The molecule has 4 heteroatoms. The van der Waals surface area contributed by atoms with Gasteiger partial charge in [0.1, 0.15) is 0 Å². The molecule has 0 radical (unpaired) electrons. The largest absolute Gasteiger partial charge is 0.481 e. The molecule has 0 amide bonds. The third kappa shape index (κ3) is 15.2. The highest BCUT2D eigenvalue weighted by molar-refractivity contribution is 5.67. The van der Waals surface area contributed by atoms with Gasteiger partial charge in [-0.3, -0.25) is 4.79 Å². The standard InChI is InChI=1S/C25H42O4/c1-2-3-4-5-6-12-17-23(26)18-13-7-8-14-19-24(20-25(27)28)29-21-22-15-10-9-11-16-22/h9-11,15-16,23-24,26H,2-8,12-14,17-21H2,1H3,(H,27,28). The zero-order chi connectivity index (χ0) is 21.2. The van der Waals surface area contributed by atoms with Crippen LogP contribution in [0.3, 0.4) is 0 Å². The Kier molecular flexibility index (Phi) is 15.4. The average Bonchev–Trinajstić information content (AvgIpc) is 2.71. The second kappa shape index (κ2) is 17.5. The number of carbonyl (C=O) groups is 1. The first-order valence-electron chi connectivity index (χ1n) is 11.7. The molecule has 0 aliphatic heterocycles. The molecular formula is C25H42O4. The van der Waals surface area contributed by atoms with Gasteiger partial charge < -0.3 is 14.9 Å². The molecule has 0 heterocycles. The van der Waals surface area contributed by atoms with E-state index < -0.39 is 5.97 Å². The number of hydrogen-bond acceptors (Lipinski definition) is 3. The van der Waals surface area contributed by atoms with Crippen LogP contribution in [0, 0.1) is 0 Å². The van der Waals surface area contributed by atoms with Crippen LogP contribution in [-0.2, 0) is 16.1 Å². The minimum atomic E-state index is -0.805. The Labute approximate surface area is 177 Å². The number of hydrogen-bond donors (Lipinski definition) is 2. The molecule has 1 aromatic carbocycles. The molecule has 2 N–H and O–H groups in total. The molecule has 29 heavy (non-hydrogen) atoms. The summed E-state index contributed by atoms with van der Waals surface area (Å²) >= 11 is 0. The number of aliphatic hydroxyl groups is 1. The summed E-state index contributed by atoms with van der Waals surface area (Å²) in [5.74, 6) is -0.805. The van der Waals surface area contributed by atoms with Crippen molar-refractivity contribution in [2.24, 2.45) is 0 Å². The van der Waals surface area contributed by atoms with Crippen molar-refractivity contribution in [1.82, 2.24) is 0 Å². The number of ether oxygens (including phenoxy) is 1. The summed E-state index contributed by atoms with van der Waals surface area (Å²) in [6.45, 7) is 2.69. The summed E-state index contributed by atoms with van der Waals surface area (Å²) in [7, 11) is 0. The lowest BCUT2D eigenvalue weighted by Gasteiger charge is -2.16. The second-order valence-corrected chi connectivity index (χ2v) is 8.22. The number of carboxylic acids is 1. The summed E-state index contributed by atoms with van der Waals surface area (Å²) < 4.78 is 5.84. The van der Waals surface area contributed by atoms with Crippen molar-refractivity contribution in [3.05, 3.63) is 35.9 Å². The van der Waals surface area contributed by atoms with Crippen LogP contribution in [0.1, 0.15) is 102 Å². The van der Waals surface area contributed by atoms with Crippen LogP contribution in [-0.4, -0.2) is 28.4 Å². The molecule has 0 aliphatic rings.